The van der Waals surface area contributed by atoms with E-state index in [0.717, 1.165) is 65.2 Å². The Balaban J connectivity index is 1.64. The number of hydrogen-bond acceptors (Lipinski definition) is 4. The molecule has 2 aromatic rings. The van der Waals surface area contributed by atoms with E-state index >= 15 is 0 Å². The van der Waals surface area contributed by atoms with Gasteiger partial charge in [-0.25, -0.2) is 0 Å². The molecule has 1 aliphatic heterocycles. The van der Waals surface area contributed by atoms with E-state index in [9.17, 15) is 5.11 Å². The van der Waals surface area contributed by atoms with Crippen LogP contribution in [0.2, 0.25) is 0 Å². The normalized spacial score (nSPS) is 23.3. The van der Waals surface area contributed by atoms with Gasteiger partial charge in [-0.1, -0.05) is 0 Å². The minimum atomic E-state index is -0.900. The number of hydrogen-bond donors (Lipinski definition) is 1. The first kappa shape index (κ1) is 23.1. The molecule has 1 aromatic heterocycles. The Morgan fingerprint density at radius 2 is 2.03 bits per heavy atom. The van der Waals surface area contributed by atoms with Crippen molar-refractivity contribution in [1.82, 2.24) is 4.57 Å². The number of nitrogens with zero attached hydrogens (tertiary/aromatic N) is 2. The Kier molecular flexibility index (Phi) is 6.50. The van der Waals surface area contributed by atoms with E-state index in [2.05, 4.69) is 49.9 Å². The van der Waals surface area contributed by atoms with E-state index in [-0.39, 0.29) is 6.10 Å². The third kappa shape index (κ3) is 4.13. The van der Waals surface area contributed by atoms with Crippen LogP contribution in [0.1, 0.15) is 46.9 Å². The zero-order valence-electron chi connectivity index (χ0n) is 20.3. The molecular formula is C26H37N2O4+. The van der Waals surface area contributed by atoms with E-state index < -0.39 is 6.29 Å². The standard InChI is InChI=1S/C26H37N2O4/c1-7-32-26(29)25-17(2)27(3)23-13-20(24(31-6)14-22(23)25)16-28(4)11-10-18-12-21(30-5)9-8-19(18)15-28/h8-9,12-13,24,26,29H,7,10-11,14-16H2,1-6H3/q+1/t24?,26-,28?/m1/s1. The minimum absolute atomic E-state index is 0.00379. The maximum absolute atomic E-state index is 10.6. The summed E-state index contributed by atoms with van der Waals surface area (Å²) in [6, 6.07) is 6.46. The lowest BCUT2D eigenvalue weighted by Crippen LogP contribution is -2.50. The molecule has 1 aliphatic carbocycles. The summed E-state index contributed by atoms with van der Waals surface area (Å²) in [5.41, 5.74) is 8.36. The van der Waals surface area contributed by atoms with Crippen molar-refractivity contribution in [1.29, 1.82) is 0 Å². The molecule has 6 nitrogen and oxygen atoms in total. The van der Waals surface area contributed by atoms with Crippen LogP contribution in [0.25, 0.3) is 6.08 Å². The molecule has 3 atom stereocenters. The molecule has 0 fully saturated rings. The van der Waals surface area contributed by atoms with Gasteiger partial charge in [-0.05, 0) is 49.2 Å². The van der Waals surface area contributed by atoms with E-state index in [0.29, 0.717) is 6.61 Å². The molecule has 32 heavy (non-hydrogen) atoms. The van der Waals surface area contributed by atoms with Crippen molar-refractivity contribution in [3.63, 3.8) is 0 Å². The Labute approximate surface area is 191 Å². The molecule has 1 N–H and O–H groups in total. The van der Waals surface area contributed by atoms with Crippen LogP contribution in [-0.2, 0) is 35.9 Å². The number of quaternary nitrogens is 1. The molecule has 0 bridgehead atoms. The quantitative estimate of drug-likeness (QED) is 0.528. The molecule has 4 rings (SSSR count). The summed E-state index contributed by atoms with van der Waals surface area (Å²) in [5.74, 6) is 0.936. The summed E-state index contributed by atoms with van der Waals surface area (Å²) in [7, 11) is 7.92. The second-order valence-corrected chi connectivity index (χ2v) is 9.42. The smallest absolute Gasteiger partial charge is 0.183 e. The Morgan fingerprint density at radius 3 is 2.72 bits per heavy atom. The second kappa shape index (κ2) is 9.02. The molecular weight excluding hydrogens is 404 g/mol. The molecule has 0 amide bonds. The number of aromatic nitrogens is 1. The lowest BCUT2D eigenvalue weighted by molar-refractivity contribution is -0.920. The summed E-state index contributed by atoms with van der Waals surface area (Å²) in [6.45, 7) is 7.46. The van der Waals surface area contributed by atoms with Gasteiger partial charge >= 0.3 is 0 Å². The van der Waals surface area contributed by atoms with Gasteiger partial charge in [-0.3, -0.25) is 0 Å². The summed E-state index contributed by atoms with van der Waals surface area (Å²) >= 11 is 0. The number of ether oxygens (including phenoxy) is 3. The summed E-state index contributed by atoms with van der Waals surface area (Å²) < 4.78 is 20.0. The summed E-state index contributed by atoms with van der Waals surface area (Å²) in [6.07, 6.45) is 3.20. The van der Waals surface area contributed by atoms with Crippen LogP contribution in [0.3, 0.4) is 0 Å². The fourth-order valence-corrected chi connectivity index (χ4v) is 5.43. The molecule has 2 unspecified atom stereocenters. The van der Waals surface area contributed by atoms with Crippen LogP contribution < -0.4 is 4.74 Å². The fraction of sp³-hybridized carbons (Fsp3) is 0.538. The predicted octanol–water partition coefficient (Wildman–Crippen LogP) is 3.53. The van der Waals surface area contributed by atoms with Crippen LogP contribution in [0.4, 0.5) is 0 Å². The SMILES string of the molecule is CCO[C@@H](O)c1c2c(n(C)c1C)C=C(C[N+]1(C)CCc3cc(OC)ccc3C1)C(OC)C2. The zero-order chi connectivity index (χ0) is 23.0. The highest BCUT2D eigenvalue weighted by atomic mass is 16.6. The Hall–Kier alpha value is -2.12. The fourth-order valence-electron chi connectivity index (χ4n) is 5.43. The predicted molar refractivity (Wildman–Crippen MR) is 126 cm³/mol. The number of fused-ring (bicyclic) bond motifs is 2. The van der Waals surface area contributed by atoms with Crippen molar-refractivity contribution in [2.24, 2.45) is 7.05 Å². The third-order valence-electron chi connectivity index (χ3n) is 7.32. The number of methoxy groups -OCH3 is 2. The number of rotatable bonds is 7. The molecule has 2 heterocycles. The first-order valence-electron chi connectivity index (χ1n) is 11.5. The average molecular weight is 442 g/mol. The van der Waals surface area contributed by atoms with Crippen molar-refractivity contribution in [2.75, 3.05) is 41.0 Å². The van der Waals surface area contributed by atoms with E-state index in [4.69, 9.17) is 14.2 Å². The number of aliphatic hydroxyl groups is 1. The van der Waals surface area contributed by atoms with E-state index in [1.807, 2.05) is 6.92 Å². The molecule has 6 heteroatoms. The first-order chi connectivity index (χ1) is 15.3. The van der Waals surface area contributed by atoms with Gasteiger partial charge in [0.25, 0.3) is 0 Å². The van der Waals surface area contributed by atoms with E-state index in [1.54, 1.807) is 14.2 Å². The lowest BCUT2D eigenvalue weighted by atomic mass is 9.89. The Bertz CT molecular complexity index is 1030. The van der Waals surface area contributed by atoms with Gasteiger partial charge in [-0.15, -0.1) is 0 Å². The molecule has 1 aromatic carbocycles. The Morgan fingerprint density at radius 1 is 1.25 bits per heavy atom. The van der Waals surface area contributed by atoms with Crippen LogP contribution in [0.15, 0.2) is 23.8 Å². The lowest BCUT2D eigenvalue weighted by Gasteiger charge is -2.41. The summed E-state index contributed by atoms with van der Waals surface area (Å²) in [5, 5.41) is 10.6. The molecule has 0 saturated carbocycles. The van der Waals surface area contributed by atoms with Crippen LogP contribution in [0.5, 0.6) is 5.75 Å². The zero-order valence-corrected chi connectivity index (χ0v) is 20.3. The molecule has 2 aliphatic rings. The van der Waals surface area contributed by atoms with Gasteiger partial charge in [0, 0.05) is 61.7 Å². The molecule has 0 radical (unpaired) electrons. The van der Waals surface area contributed by atoms with Crippen molar-refractivity contribution < 1.29 is 23.8 Å². The highest BCUT2D eigenvalue weighted by molar-refractivity contribution is 5.63. The van der Waals surface area contributed by atoms with Gasteiger partial charge < -0.3 is 28.4 Å². The van der Waals surface area contributed by atoms with Gasteiger partial charge in [0.15, 0.2) is 6.29 Å². The highest BCUT2D eigenvalue weighted by Crippen LogP contribution is 2.37. The van der Waals surface area contributed by atoms with Gasteiger partial charge in [-0.2, -0.15) is 0 Å². The van der Waals surface area contributed by atoms with Crippen LogP contribution in [0, 0.1) is 6.92 Å². The second-order valence-electron chi connectivity index (χ2n) is 9.42. The number of likely N-dealkylation sites (N-methyl/N-ethyl adjacent to an activating group) is 1. The topological polar surface area (TPSA) is 52.9 Å². The minimum Gasteiger partial charge on any atom is -0.497 e. The number of aliphatic hydroxyl groups excluding tert-OH is 1. The van der Waals surface area contributed by atoms with Gasteiger partial charge in [0.05, 0.1) is 26.8 Å². The molecule has 0 spiro atoms. The molecule has 174 valence electrons. The van der Waals surface area contributed by atoms with Gasteiger partial charge in [0.1, 0.15) is 18.8 Å². The average Bonchev–Trinajstić information content (AvgIpc) is 3.02. The van der Waals surface area contributed by atoms with Crippen LogP contribution >= 0.6 is 0 Å². The van der Waals surface area contributed by atoms with Crippen molar-refractivity contribution in [3.05, 3.63) is 57.4 Å². The largest absolute Gasteiger partial charge is 0.497 e. The monoisotopic (exact) mass is 441 g/mol. The number of benzene rings is 1. The third-order valence-corrected chi connectivity index (χ3v) is 7.32. The maximum Gasteiger partial charge on any atom is 0.183 e. The first-order valence-corrected chi connectivity index (χ1v) is 11.5. The van der Waals surface area contributed by atoms with Crippen molar-refractivity contribution in [2.45, 2.75) is 45.6 Å². The molecule has 0 saturated heterocycles. The summed E-state index contributed by atoms with van der Waals surface area (Å²) in [4.78, 5) is 0. The van der Waals surface area contributed by atoms with E-state index in [1.165, 1.54) is 16.7 Å². The van der Waals surface area contributed by atoms with Crippen molar-refractivity contribution >= 4 is 6.08 Å². The highest BCUT2D eigenvalue weighted by Gasteiger charge is 2.36. The van der Waals surface area contributed by atoms with Crippen LogP contribution in [-0.4, -0.2) is 61.2 Å². The van der Waals surface area contributed by atoms with Crippen molar-refractivity contribution in [3.8, 4) is 5.75 Å². The van der Waals surface area contributed by atoms with Gasteiger partial charge in [0.2, 0.25) is 0 Å². The maximum atomic E-state index is 10.6.